The first-order valence-electron chi connectivity index (χ1n) is 6.33. The Morgan fingerprint density at radius 2 is 2.21 bits per heavy atom. The molecule has 0 aliphatic heterocycles. The van der Waals surface area contributed by atoms with E-state index < -0.39 is 0 Å². The van der Waals surface area contributed by atoms with Crippen molar-refractivity contribution in [3.05, 3.63) is 51.2 Å². The molecular formula is C15H18ClNOS. The first-order chi connectivity index (χ1) is 9.24. The van der Waals surface area contributed by atoms with Crippen LogP contribution in [0.25, 0.3) is 0 Å². The van der Waals surface area contributed by atoms with Crippen LogP contribution in [0.1, 0.15) is 23.4 Å². The highest BCUT2D eigenvalue weighted by atomic mass is 35.5. The number of hydrogen-bond donors (Lipinski definition) is 1. The SMILES string of the molecule is CCNC(Cc1cccs1)c1ccc(Cl)cc1OC. The molecule has 2 rings (SSSR count). The number of nitrogens with one attached hydrogen (secondary N) is 1. The van der Waals surface area contributed by atoms with Gasteiger partial charge in [-0.25, -0.2) is 0 Å². The number of halogens is 1. The molecule has 1 heterocycles. The van der Waals surface area contributed by atoms with Crippen LogP contribution in [0.3, 0.4) is 0 Å². The first-order valence-corrected chi connectivity index (χ1v) is 7.59. The van der Waals surface area contributed by atoms with Gasteiger partial charge in [0, 0.05) is 27.9 Å². The predicted octanol–water partition coefficient (Wildman–Crippen LogP) is 4.30. The molecule has 0 radical (unpaired) electrons. The summed E-state index contributed by atoms with van der Waals surface area (Å²) in [6.45, 7) is 3.03. The van der Waals surface area contributed by atoms with E-state index in [9.17, 15) is 0 Å². The summed E-state index contributed by atoms with van der Waals surface area (Å²) >= 11 is 7.80. The van der Waals surface area contributed by atoms with E-state index in [-0.39, 0.29) is 6.04 Å². The van der Waals surface area contributed by atoms with Crippen LogP contribution in [-0.2, 0) is 6.42 Å². The van der Waals surface area contributed by atoms with Gasteiger partial charge in [0.05, 0.1) is 7.11 Å². The third kappa shape index (κ3) is 3.72. The van der Waals surface area contributed by atoms with Crippen LogP contribution in [0.4, 0.5) is 0 Å². The second kappa shape index (κ2) is 6.94. The summed E-state index contributed by atoms with van der Waals surface area (Å²) in [5.74, 6) is 0.843. The lowest BCUT2D eigenvalue weighted by molar-refractivity contribution is 0.399. The average molecular weight is 296 g/mol. The van der Waals surface area contributed by atoms with Crippen molar-refractivity contribution in [1.29, 1.82) is 0 Å². The fourth-order valence-corrected chi connectivity index (χ4v) is 3.06. The highest BCUT2D eigenvalue weighted by Gasteiger charge is 2.16. The minimum absolute atomic E-state index is 0.246. The monoisotopic (exact) mass is 295 g/mol. The molecule has 0 bridgehead atoms. The highest BCUT2D eigenvalue weighted by Crippen LogP contribution is 2.31. The molecule has 2 nitrogen and oxygen atoms in total. The summed E-state index contributed by atoms with van der Waals surface area (Å²) < 4.78 is 5.45. The van der Waals surface area contributed by atoms with E-state index in [1.807, 2.05) is 18.2 Å². The third-order valence-corrected chi connectivity index (χ3v) is 4.14. The topological polar surface area (TPSA) is 21.3 Å². The molecule has 0 spiro atoms. The predicted molar refractivity (Wildman–Crippen MR) is 82.4 cm³/mol. The zero-order valence-electron chi connectivity index (χ0n) is 11.2. The summed E-state index contributed by atoms with van der Waals surface area (Å²) in [6.07, 6.45) is 0.962. The van der Waals surface area contributed by atoms with Crippen molar-refractivity contribution in [2.45, 2.75) is 19.4 Å². The van der Waals surface area contributed by atoms with Crippen LogP contribution in [0.15, 0.2) is 35.7 Å². The number of thiophene rings is 1. The van der Waals surface area contributed by atoms with Gasteiger partial charge in [-0.15, -0.1) is 11.3 Å². The van der Waals surface area contributed by atoms with Gasteiger partial charge in [0.2, 0.25) is 0 Å². The average Bonchev–Trinajstić information content (AvgIpc) is 2.91. The summed E-state index contributed by atoms with van der Waals surface area (Å²) in [7, 11) is 1.68. The molecule has 2 aromatic rings. The number of hydrogen-bond acceptors (Lipinski definition) is 3. The Hall–Kier alpha value is -1.03. The minimum Gasteiger partial charge on any atom is -0.496 e. The number of methoxy groups -OCH3 is 1. The van der Waals surface area contributed by atoms with E-state index in [1.54, 1.807) is 18.4 Å². The van der Waals surface area contributed by atoms with Gasteiger partial charge in [-0.3, -0.25) is 0 Å². The number of benzene rings is 1. The van der Waals surface area contributed by atoms with Crippen LogP contribution >= 0.6 is 22.9 Å². The van der Waals surface area contributed by atoms with Crippen LogP contribution < -0.4 is 10.1 Å². The molecule has 1 aromatic heterocycles. The van der Waals surface area contributed by atoms with Crippen molar-refractivity contribution < 1.29 is 4.74 Å². The van der Waals surface area contributed by atoms with Gasteiger partial charge in [0.25, 0.3) is 0 Å². The second-order valence-electron chi connectivity index (χ2n) is 4.28. The van der Waals surface area contributed by atoms with Crippen molar-refractivity contribution in [2.24, 2.45) is 0 Å². The molecule has 4 heteroatoms. The largest absolute Gasteiger partial charge is 0.496 e. The summed E-state index contributed by atoms with van der Waals surface area (Å²) in [6, 6.07) is 10.3. The summed E-state index contributed by atoms with van der Waals surface area (Å²) in [5, 5.41) is 6.32. The van der Waals surface area contributed by atoms with E-state index in [2.05, 4.69) is 29.8 Å². The maximum absolute atomic E-state index is 6.02. The molecule has 1 aromatic carbocycles. The lowest BCUT2D eigenvalue weighted by Crippen LogP contribution is -2.23. The normalized spacial score (nSPS) is 12.4. The molecule has 19 heavy (non-hydrogen) atoms. The Labute approximate surface area is 123 Å². The van der Waals surface area contributed by atoms with Crippen molar-refractivity contribution in [1.82, 2.24) is 5.32 Å². The van der Waals surface area contributed by atoms with Gasteiger partial charge in [-0.2, -0.15) is 0 Å². The lowest BCUT2D eigenvalue weighted by atomic mass is 10.0. The molecule has 0 fully saturated rings. The van der Waals surface area contributed by atoms with Gasteiger partial charge in [0.1, 0.15) is 5.75 Å². The van der Waals surface area contributed by atoms with Crippen molar-refractivity contribution >= 4 is 22.9 Å². The first kappa shape index (κ1) is 14.4. The van der Waals surface area contributed by atoms with Crippen molar-refractivity contribution in [3.63, 3.8) is 0 Å². The lowest BCUT2D eigenvalue weighted by Gasteiger charge is -2.20. The van der Waals surface area contributed by atoms with Gasteiger partial charge < -0.3 is 10.1 Å². The molecule has 0 amide bonds. The maximum atomic E-state index is 6.02. The fourth-order valence-electron chi connectivity index (χ4n) is 2.14. The van der Waals surface area contributed by atoms with Crippen molar-refractivity contribution in [3.8, 4) is 5.75 Å². The molecular weight excluding hydrogens is 278 g/mol. The Kier molecular flexibility index (Phi) is 5.25. The molecule has 102 valence electrons. The molecule has 1 unspecified atom stereocenters. The minimum atomic E-state index is 0.246. The van der Waals surface area contributed by atoms with Gasteiger partial charge in [0.15, 0.2) is 0 Å². The van der Waals surface area contributed by atoms with E-state index >= 15 is 0 Å². The number of likely N-dealkylation sites (N-methyl/N-ethyl adjacent to an activating group) is 1. The maximum Gasteiger partial charge on any atom is 0.125 e. The summed E-state index contributed by atoms with van der Waals surface area (Å²) in [5.41, 5.74) is 1.15. The molecule has 1 atom stereocenters. The standard InChI is InChI=1S/C15H18ClNOS/c1-3-17-14(10-12-5-4-8-19-12)13-7-6-11(16)9-15(13)18-2/h4-9,14,17H,3,10H2,1-2H3. The third-order valence-electron chi connectivity index (χ3n) is 3.01. The Bertz CT molecular complexity index is 513. The molecule has 0 aliphatic rings. The molecule has 0 saturated carbocycles. The van der Waals surface area contributed by atoms with Crippen LogP contribution in [-0.4, -0.2) is 13.7 Å². The summed E-state index contributed by atoms with van der Waals surface area (Å²) in [4.78, 5) is 1.36. The zero-order valence-corrected chi connectivity index (χ0v) is 12.7. The van der Waals surface area contributed by atoms with Crippen LogP contribution in [0.2, 0.25) is 5.02 Å². The van der Waals surface area contributed by atoms with Crippen molar-refractivity contribution in [2.75, 3.05) is 13.7 Å². The van der Waals surface area contributed by atoms with E-state index in [1.165, 1.54) is 4.88 Å². The Morgan fingerprint density at radius 3 is 2.84 bits per heavy atom. The molecule has 0 aliphatic carbocycles. The Balaban J connectivity index is 2.27. The quantitative estimate of drug-likeness (QED) is 0.858. The number of rotatable bonds is 6. The van der Waals surface area contributed by atoms with Gasteiger partial charge in [-0.1, -0.05) is 30.7 Å². The number of ether oxygens (including phenoxy) is 1. The smallest absolute Gasteiger partial charge is 0.125 e. The van der Waals surface area contributed by atoms with E-state index in [4.69, 9.17) is 16.3 Å². The highest BCUT2D eigenvalue weighted by molar-refractivity contribution is 7.09. The second-order valence-corrected chi connectivity index (χ2v) is 5.75. The molecule has 1 N–H and O–H groups in total. The molecule has 0 saturated heterocycles. The van der Waals surface area contributed by atoms with Crippen LogP contribution in [0.5, 0.6) is 5.75 Å². The van der Waals surface area contributed by atoms with Gasteiger partial charge >= 0.3 is 0 Å². The fraction of sp³-hybridized carbons (Fsp3) is 0.333. The van der Waals surface area contributed by atoms with Crippen LogP contribution in [0, 0.1) is 0 Å². The Morgan fingerprint density at radius 1 is 1.37 bits per heavy atom. The van der Waals surface area contributed by atoms with Gasteiger partial charge in [-0.05, 0) is 30.1 Å². The van der Waals surface area contributed by atoms with E-state index in [0.29, 0.717) is 5.02 Å². The zero-order chi connectivity index (χ0) is 13.7. The van der Waals surface area contributed by atoms with E-state index in [0.717, 1.165) is 24.3 Å².